The Morgan fingerprint density at radius 1 is 0.931 bits per heavy atom. The first kappa shape index (κ1) is 22.4. The van der Waals surface area contributed by atoms with Gasteiger partial charge in [-0.15, -0.1) is 0 Å². The van der Waals surface area contributed by atoms with Crippen LogP contribution >= 0.6 is 0 Å². The van der Waals surface area contributed by atoms with Crippen molar-refractivity contribution in [2.24, 2.45) is 0 Å². The third-order valence-electron chi connectivity index (χ3n) is 4.15. The molecule has 2 aromatic carbocycles. The van der Waals surface area contributed by atoms with Crippen LogP contribution in [-0.4, -0.2) is 32.1 Å². The fourth-order valence-electron chi connectivity index (χ4n) is 2.59. The summed E-state index contributed by atoms with van der Waals surface area (Å²) in [6.07, 6.45) is -3.66. The van der Waals surface area contributed by atoms with Crippen molar-refractivity contribution in [1.82, 2.24) is 5.32 Å². The van der Waals surface area contributed by atoms with E-state index in [-0.39, 0.29) is 24.7 Å². The van der Waals surface area contributed by atoms with Crippen molar-refractivity contribution in [2.45, 2.75) is 25.4 Å². The van der Waals surface area contributed by atoms with Crippen LogP contribution in [0.2, 0.25) is 0 Å². The Morgan fingerprint density at radius 2 is 1.55 bits per heavy atom. The van der Waals surface area contributed by atoms with Crippen molar-refractivity contribution in [2.75, 3.05) is 25.6 Å². The molecule has 0 aliphatic rings. The summed E-state index contributed by atoms with van der Waals surface area (Å²) in [6, 6.07) is 11.7. The van der Waals surface area contributed by atoms with Gasteiger partial charge < -0.3 is 15.4 Å². The standard InChI is InChI=1S/C21H23F3N2O3/c1-29-13-12-25-20(28)14-16-4-9-18(10-5-16)26-19(27)11-6-15-2-7-17(8-3-15)21(22,23)24/h2-5,7-10H,6,11-14H2,1H3,(H,25,28)(H,26,27). The number of ether oxygens (including phenoxy) is 1. The van der Waals surface area contributed by atoms with Gasteiger partial charge in [-0.05, 0) is 41.8 Å². The highest BCUT2D eigenvalue weighted by Crippen LogP contribution is 2.29. The van der Waals surface area contributed by atoms with E-state index in [1.165, 1.54) is 12.1 Å². The number of carbonyl (C=O) groups excluding carboxylic acids is 2. The van der Waals surface area contributed by atoms with Gasteiger partial charge in [0.25, 0.3) is 0 Å². The highest BCUT2D eigenvalue weighted by Gasteiger charge is 2.29. The smallest absolute Gasteiger partial charge is 0.383 e. The second-order valence-corrected chi connectivity index (χ2v) is 6.46. The number of hydrogen-bond donors (Lipinski definition) is 2. The number of alkyl halides is 3. The summed E-state index contributed by atoms with van der Waals surface area (Å²) in [5.41, 5.74) is 1.34. The first-order valence-corrected chi connectivity index (χ1v) is 9.08. The molecular formula is C21H23F3N2O3. The molecule has 0 atom stereocenters. The molecule has 0 saturated heterocycles. The lowest BCUT2D eigenvalue weighted by molar-refractivity contribution is -0.137. The number of amides is 2. The van der Waals surface area contributed by atoms with Crippen molar-refractivity contribution in [1.29, 1.82) is 0 Å². The number of rotatable bonds is 9. The van der Waals surface area contributed by atoms with Gasteiger partial charge in [0.05, 0.1) is 18.6 Å². The molecule has 0 saturated carbocycles. The van der Waals surface area contributed by atoms with Crippen molar-refractivity contribution in [3.63, 3.8) is 0 Å². The van der Waals surface area contributed by atoms with Crippen LogP contribution in [0.3, 0.4) is 0 Å². The molecule has 0 aromatic heterocycles. The van der Waals surface area contributed by atoms with Crippen LogP contribution in [0.4, 0.5) is 18.9 Å². The summed E-state index contributed by atoms with van der Waals surface area (Å²) in [4.78, 5) is 23.8. The number of anilines is 1. The average molecular weight is 408 g/mol. The summed E-state index contributed by atoms with van der Waals surface area (Å²) < 4.78 is 42.5. The van der Waals surface area contributed by atoms with Crippen molar-refractivity contribution < 1.29 is 27.5 Å². The Labute approximate surface area is 167 Å². The molecule has 156 valence electrons. The van der Waals surface area contributed by atoms with Gasteiger partial charge in [0.15, 0.2) is 0 Å². The molecule has 2 aromatic rings. The van der Waals surface area contributed by atoms with E-state index < -0.39 is 11.7 Å². The van der Waals surface area contributed by atoms with Gasteiger partial charge in [-0.25, -0.2) is 0 Å². The first-order chi connectivity index (χ1) is 13.8. The second-order valence-electron chi connectivity index (χ2n) is 6.46. The Bertz CT molecular complexity index is 803. The van der Waals surface area contributed by atoms with Gasteiger partial charge >= 0.3 is 6.18 Å². The van der Waals surface area contributed by atoms with Gasteiger partial charge in [-0.1, -0.05) is 24.3 Å². The molecule has 2 N–H and O–H groups in total. The third-order valence-corrected chi connectivity index (χ3v) is 4.15. The number of halogens is 3. The first-order valence-electron chi connectivity index (χ1n) is 9.08. The zero-order valence-corrected chi connectivity index (χ0v) is 16.0. The van der Waals surface area contributed by atoms with Crippen LogP contribution in [0.15, 0.2) is 48.5 Å². The van der Waals surface area contributed by atoms with Gasteiger partial charge in [0, 0.05) is 25.8 Å². The molecule has 0 radical (unpaired) electrons. The predicted molar refractivity (Wildman–Crippen MR) is 103 cm³/mol. The van der Waals surface area contributed by atoms with Crippen LogP contribution in [-0.2, 0) is 33.3 Å². The maximum absolute atomic E-state index is 12.6. The fraction of sp³-hybridized carbons (Fsp3) is 0.333. The summed E-state index contributed by atoms with van der Waals surface area (Å²) in [7, 11) is 1.56. The number of carbonyl (C=O) groups is 2. The van der Waals surface area contributed by atoms with E-state index in [9.17, 15) is 22.8 Å². The van der Waals surface area contributed by atoms with E-state index >= 15 is 0 Å². The number of benzene rings is 2. The van der Waals surface area contributed by atoms with Gasteiger partial charge in [-0.3, -0.25) is 9.59 Å². The highest BCUT2D eigenvalue weighted by molar-refractivity contribution is 5.90. The Morgan fingerprint density at radius 3 is 2.14 bits per heavy atom. The zero-order valence-electron chi connectivity index (χ0n) is 16.0. The van der Waals surface area contributed by atoms with E-state index in [0.717, 1.165) is 17.7 Å². The molecule has 0 spiro atoms. The Kier molecular flexibility index (Phi) is 8.21. The largest absolute Gasteiger partial charge is 0.416 e. The second kappa shape index (κ2) is 10.6. The molecule has 2 rings (SSSR count). The molecule has 0 fully saturated rings. The van der Waals surface area contributed by atoms with Crippen LogP contribution in [0.25, 0.3) is 0 Å². The summed E-state index contributed by atoms with van der Waals surface area (Å²) in [6.45, 7) is 0.894. The van der Waals surface area contributed by atoms with Crippen LogP contribution in [0.5, 0.6) is 0 Å². The maximum Gasteiger partial charge on any atom is 0.416 e. The van der Waals surface area contributed by atoms with Crippen LogP contribution in [0.1, 0.15) is 23.1 Å². The Hall–Kier alpha value is -2.87. The van der Waals surface area contributed by atoms with Crippen molar-refractivity contribution >= 4 is 17.5 Å². The Balaban J connectivity index is 1.78. The fourth-order valence-corrected chi connectivity index (χ4v) is 2.59. The maximum atomic E-state index is 12.6. The van der Waals surface area contributed by atoms with Crippen molar-refractivity contribution in [3.8, 4) is 0 Å². The molecule has 0 bridgehead atoms. The van der Waals surface area contributed by atoms with Crippen molar-refractivity contribution in [3.05, 3.63) is 65.2 Å². The topological polar surface area (TPSA) is 67.4 Å². The molecule has 0 unspecified atom stereocenters. The summed E-state index contributed by atoms with van der Waals surface area (Å²) >= 11 is 0. The number of nitrogens with one attached hydrogen (secondary N) is 2. The van der Waals surface area contributed by atoms with E-state index in [4.69, 9.17) is 4.74 Å². The number of hydrogen-bond acceptors (Lipinski definition) is 3. The zero-order chi connectivity index (χ0) is 21.3. The SMILES string of the molecule is COCCNC(=O)Cc1ccc(NC(=O)CCc2ccc(C(F)(F)F)cc2)cc1. The quantitative estimate of drug-likeness (QED) is 0.624. The number of aryl methyl sites for hydroxylation is 1. The van der Waals surface area contributed by atoms with E-state index in [2.05, 4.69) is 10.6 Å². The lowest BCUT2D eigenvalue weighted by Crippen LogP contribution is -2.28. The summed E-state index contributed by atoms with van der Waals surface area (Å²) in [5.74, 6) is -0.356. The predicted octanol–water partition coefficient (Wildman–Crippen LogP) is 3.58. The lowest BCUT2D eigenvalue weighted by Gasteiger charge is -2.09. The molecule has 0 heterocycles. The molecule has 29 heavy (non-hydrogen) atoms. The molecule has 5 nitrogen and oxygen atoms in total. The average Bonchev–Trinajstić information content (AvgIpc) is 2.68. The monoisotopic (exact) mass is 408 g/mol. The molecule has 0 aliphatic carbocycles. The van der Waals surface area contributed by atoms with Gasteiger partial charge in [0.1, 0.15) is 0 Å². The van der Waals surface area contributed by atoms with Gasteiger partial charge in [-0.2, -0.15) is 13.2 Å². The van der Waals surface area contributed by atoms with E-state index in [1.54, 1.807) is 31.4 Å². The minimum absolute atomic E-state index is 0.115. The van der Waals surface area contributed by atoms with E-state index in [1.807, 2.05) is 0 Å². The normalized spacial score (nSPS) is 11.2. The third kappa shape index (κ3) is 7.95. The lowest BCUT2D eigenvalue weighted by atomic mass is 10.1. The minimum Gasteiger partial charge on any atom is -0.383 e. The van der Waals surface area contributed by atoms with Gasteiger partial charge in [0.2, 0.25) is 11.8 Å². The molecule has 8 heteroatoms. The molecular weight excluding hydrogens is 385 g/mol. The molecule has 2 amide bonds. The number of methoxy groups -OCH3 is 1. The van der Waals surface area contributed by atoms with Crippen LogP contribution in [0, 0.1) is 0 Å². The van der Waals surface area contributed by atoms with E-state index in [0.29, 0.717) is 30.8 Å². The summed E-state index contributed by atoms with van der Waals surface area (Å²) in [5, 5.41) is 5.46. The van der Waals surface area contributed by atoms with Crippen LogP contribution < -0.4 is 10.6 Å². The molecule has 0 aliphatic heterocycles. The highest BCUT2D eigenvalue weighted by atomic mass is 19.4. The minimum atomic E-state index is -4.37.